The predicted molar refractivity (Wildman–Crippen MR) is 69.0 cm³/mol. The molecule has 0 aromatic heterocycles. The first-order valence-corrected chi connectivity index (χ1v) is 7.04. The zero-order valence-corrected chi connectivity index (χ0v) is 11.0. The fourth-order valence-electron chi connectivity index (χ4n) is 2.90. The quantitative estimate of drug-likeness (QED) is 0.787. The molecule has 4 heteroatoms. The lowest BCUT2D eigenvalue weighted by atomic mass is 10.0. The maximum Gasteiger partial charge on any atom is 0.222 e. The van der Waals surface area contributed by atoms with Crippen LogP contribution < -0.4 is 5.32 Å². The maximum absolute atomic E-state index is 11.8. The van der Waals surface area contributed by atoms with E-state index in [0.717, 1.165) is 51.9 Å². The SMILES string of the molecule is CCCC(=O)N1CCC(N2CCNCC2)CC1. The van der Waals surface area contributed by atoms with Crippen LogP contribution in [0.4, 0.5) is 0 Å². The molecule has 0 aromatic carbocycles. The molecule has 1 amide bonds. The Morgan fingerprint density at radius 3 is 2.41 bits per heavy atom. The molecule has 2 fully saturated rings. The number of piperidine rings is 1. The third kappa shape index (κ3) is 3.42. The number of rotatable bonds is 3. The molecule has 2 saturated heterocycles. The summed E-state index contributed by atoms with van der Waals surface area (Å²) in [6, 6.07) is 0.711. The highest BCUT2D eigenvalue weighted by molar-refractivity contribution is 5.76. The van der Waals surface area contributed by atoms with E-state index in [1.54, 1.807) is 0 Å². The molecule has 4 nitrogen and oxygen atoms in total. The molecule has 1 N–H and O–H groups in total. The highest BCUT2D eigenvalue weighted by Gasteiger charge is 2.26. The molecule has 0 bridgehead atoms. The van der Waals surface area contributed by atoms with Gasteiger partial charge in [-0.15, -0.1) is 0 Å². The molecule has 2 aliphatic rings. The first-order valence-electron chi connectivity index (χ1n) is 7.04. The molecule has 17 heavy (non-hydrogen) atoms. The van der Waals surface area contributed by atoms with Crippen molar-refractivity contribution in [1.82, 2.24) is 15.1 Å². The van der Waals surface area contributed by atoms with Crippen LogP contribution in [0, 0.1) is 0 Å². The lowest BCUT2D eigenvalue weighted by molar-refractivity contribution is -0.132. The largest absolute Gasteiger partial charge is 0.343 e. The Hall–Kier alpha value is -0.610. The van der Waals surface area contributed by atoms with Gasteiger partial charge < -0.3 is 10.2 Å². The van der Waals surface area contributed by atoms with Crippen LogP contribution in [-0.2, 0) is 4.79 Å². The normalized spacial score (nSPS) is 23.9. The number of amides is 1. The number of nitrogens with one attached hydrogen (secondary N) is 1. The Morgan fingerprint density at radius 1 is 1.18 bits per heavy atom. The van der Waals surface area contributed by atoms with E-state index >= 15 is 0 Å². The lowest BCUT2D eigenvalue weighted by Crippen LogP contribution is -2.52. The summed E-state index contributed by atoms with van der Waals surface area (Å²) in [5.74, 6) is 0.353. The lowest BCUT2D eigenvalue weighted by Gasteiger charge is -2.40. The van der Waals surface area contributed by atoms with Gasteiger partial charge in [0.25, 0.3) is 0 Å². The third-order valence-corrected chi connectivity index (χ3v) is 3.95. The van der Waals surface area contributed by atoms with E-state index in [1.807, 2.05) is 0 Å². The van der Waals surface area contributed by atoms with E-state index in [0.29, 0.717) is 11.9 Å². The first-order chi connectivity index (χ1) is 8.31. The molecule has 0 saturated carbocycles. The van der Waals surface area contributed by atoms with Crippen LogP contribution in [0.15, 0.2) is 0 Å². The second kappa shape index (κ2) is 6.36. The highest BCUT2D eigenvalue weighted by Crippen LogP contribution is 2.17. The second-order valence-electron chi connectivity index (χ2n) is 5.15. The van der Waals surface area contributed by atoms with E-state index in [4.69, 9.17) is 0 Å². The van der Waals surface area contributed by atoms with Crippen LogP contribution in [0.2, 0.25) is 0 Å². The summed E-state index contributed by atoms with van der Waals surface area (Å²) in [6.07, 6.45) is 4.01. The molecule has 0 atom stereocenters. The fourth-order valence-corrected chi connectivity index (χ4v) is 2.90. The molecule has 2 heterocycles. The van der Waals surface area contributed by atoms with Gasteiger partial charge in [-0.05, 0) is 19.3 Å². The number of piperazine rings is 1. The van der Waals surface area contributed by atoms with Gasteiger partial charge in [0.05, 0.1) is 0 Å². The molecule has 2 aliphatic heterocycles. The van der Waals surface area contributed by atoms with E-state index in [-0.39, 0.29) is 0 Å². The van der Waals surface area contributed by atoms with Gasteiger partial charge in [-0.25, -0.2) is 0 Å². The standard InChI is InChI=1S/C13H25N3O/c1-2-3-13(17)16-8-4-12(5-9-16)15-10-6-14-7-11-15/h12,14H,2-11H2,1H3. The van der Waals surface area contributed by atoms with Crippen molar-refractivity contribution in [3.05, 3.63) is 0 Å². The third-order valence-electron chi connectivity index (χ3n) is 3.95. The first kappa shape index (κ1) is 12.8. The minimum atomic E-state index is 0.353. The van der Waals surface area contributed by atoms with Gasteiger partial charge in [-0.2, -0.15) is 0 Å². The summed E-state index contributed by atoms with van der Waals surface area (Å²) in [6.45, 7) is 8.59. The van der Waals surface area contributed by atoms with Crippen LogP contribution in [0.3, 0.4) is 0 Å². The van der Waals surface area contributed by atoms with E-state index < -0.39 is 0 Å². The number of nitrogens with zero attached hydrogens (tertiary/aromatic N) is 2. The molecule has 0 aliphatic carbocycles. The Bertz CT molecular complexity index is 243. The van der Waals surface area contributed by atoms with Crippen LogP contribution in [0.1, 0.15) is 32.6 Å². The minimum Gasteiger partial charge on any atom is -0.343 e. The van der Waals surface area contributed by atoms with Crippen molar-refractivity contribution in [2.75, 3.05) is 39.3 Å². The van der Waals surface area contributed by atoms with Crippen molar-refractivity contribution in [3.63, 3.8) is 0 Å². The van der Waals surface area contributed by atoms with Crippen molar-refractivity contribution in [1.29, 1.82) is 0 Å². The van der Waals surface area contributed by atoms with Crippen LogP contribution in [-0.4, -0.2) is 61.0 Å². The van der Waals surface area contributed by atoms with Crippen molar-refractivity contribution in [2.24, 2.45) is 0 Å². The van der Waals surface area contributed by atoms with Crippen LogP contribution >= 0.6 is 0 Å². The molecule has 0 aromatic rings. The summed E-state index contributed by atoms with van der Waals surface area (Å²) in [5, 5.41) is 3.39. The van der Waals surface area contributed by atoms with Crippen LogP contribution in [0.25, 0.3) is 0 Å². The smallest absolute Gasteiger partial charge is 0.222 e. The molecule has 0 spiro atoms. The number of carbonyl (C=O) groups is 1. The van der Waals surface area contributed by atoms with Crippen molar-refractivity contribution in [2.45, 2.75) is 38.6 Å². The van der Waals surface area contributed by atoms with Gasteiger partial charge in [-0.3, -0.25) is 9.69 Å². The second-order valence-corrected chi connectivity index (χ2v) is 5.15. The Labute approximate surface area is 104 Å². The zero-order chi connectivity index (χ0) is 12.1. The fraction of sp³-hybridized carbons (Fsp3) is 0.923. The number of carbonyl (C=O) groups excluding carboxylic acids is 1. The summed E-state index contributed by atoms with van der Waals surface area (Å²) < 4.78 is 0. The van der Waals surface area contributed by atoms with Crippen LogP contribution in [0.5, 0.6) is 0 Å². The summed E-state index contributed by atoms with van der Waals surface area (Å²) in [7, 11) is 0. The zero-order valence-electron chi connectivity index (χ0n) is 11.0. The summed E-state index contributed by atoms with van der Waals surface area (Å²) in [5.41, 5.74) is 0. The van der Waals surface area contributed by atoms with Gasteiger partial charge in [0.15, 0.2) is 0 Å². The van der Waals surface area contributed by atoms with Gasteiger partial charge in [0.2, 0.25) is 5.91 Å². The Kier molecular flexibility index (Phi) is 4.80. The molecule has 0 unspecified atom stereocenters. The predicted octanol–water partition coefficient (Wildman–Crippen LogP) is 0.683. The van der Waals surface area contributed by atoms with Gasteiger partial charge in [0.1, 0.15) is 0 Å². The Morgan fingerprint density at radius 2 is 1.82 bits per heavy atom. The van der Waals surface area contributed by atoms with Crippen molar-refractivity contribution in [3.8, 4) is 0 Å². The summed E-state index contributed by atoms with van der Waals surface area (Å²) >= 11 is 0. The van der Waals surface area contributed by atoms with E-state index in [1.165, 1.54) is 13.1 Å². The molecule has 2 rings (SSSR count). The van der Waals surface area contributed by atoms with Crippen molar-refractivity contribution >= 4 is 5.91 Å². The average molecular weight is 239 g/mol. The van der Waals surface area contributed by atoms with Gasteiger partial charge in [-0.1, -0.05) is 6.92 Å². The van der Waals surface area contributed by atoms with Gasteiger partial charge in [0, 0.05) is 51.7 Å². The summed E-state index contributed by atoms with van der Waals surface area (Å²) in [4.78, 5) is 16.4. The topological polar surface area (TPSA) is 35.6 Å². The van der Waals surface area contributed by atoms with Crippen molar-refractivity contribution < 1.29 is 4.79 Å². The molecule has 0 radical (unpaired) electrons. The van der Waals surface area contributed by atoms with E-state index in [9.17, 15) is 4.79 Å². The number of likely N-dealkylation sites (tertiary alicyclic amines) is 1. The minimum absolute atomic E-state index is 0.353. The molecule has 98 valence electrons. The average Bonchev–Trinajstić information content (AvgIpc) is 2.40. The Balaban J connectivity index is 1.75. The monoisotopic (exact) mass is 239 g/mol. The highest BCUT2D eigenvalue weighted by atomic mass is 16.2. The number of hydrogen-bond donors (Lipinski definition) is 1. The molecular formula is C13H25N3O. The van der Waals surface area contributed by atoms with E-state index in [2.05, 4.69) is 22.0 Å². The maximum atomic E-state index is 11.8. The molecular weight excluding hydrogens is 214 g/mol. The number of hydrogen-bond acceptors (Lipinski definition) is 3. The van der Waals surface area contributed by atoms with Gasteiger partial charge >= 0.3 is 0 Å².